The smallest absolute Gasteiger partial charge is 0.273 e. The lowest BCUT2D eigenvalue weighted by Crippen LogP contribution is -2.17. The largest absolute Gasteiger partial charge is 0.497 e. The van der Waals surface area contributed by atoms with Gasteiger partial charge in [0.05, 0.1) is 19.2 Å². The van der Waals surface area contributed by atoms with E-state index in [-0.39, 0.29) is 5.91 Å². The van der Waals surface area contributed by atoms with Gasteiger partial charge in [0.25, 0.3) is 5.91 Å². The molecule has 9 nitrogen and oxygen atoms in total. The van der Waals surface area contributed by atoms with E-state index < -0.39 is 0 Å². The third-order valence-electron chi connectivity index (χ3n) is 5.47. The van der Waals surface area contributed by atoms with Crippen molar-refractivity contribution in [1.29, 1.82) is 0 Å². The van der Waals surface area contributed by atoms with Crippen molar-refractivity contribution in [2.75, 3.05) is 12.4 Å². The van der Waals surface area contributed by atoms with Crippen LogP contribution in [0, 0.1) is 0 Å². The second-order valence-electron chi connectivity index (χ2n) is 7.81. The highest BCUT2D eigenvalue weighted by Gasteiger charge is 2.17. The topological polar surface area (TPSA) is 108 Å². The fourth-order valence-electron chi connectivity index (χ4n) is 3.69. The summed E-state index contributed by atoms with van der Waals surface area (Å²) < 4.78 is 12.3. The Bertz CT molecular complexity index is 1480. The fraction of sp³-hybridized carbons (Fsp3) is 0.115. The van der Waals surface area contributed by atoms with E-state index in [0.717, 1.165) is 22.4 Å². The van der Waals surface area contributed by atoms with Crippen LogP contribution in [0.2, 0.25) is 0 Å². The molecule has 5 rings (SSSR count). The number of anilines is 1. The summed E-state index contributed by atoms with van der Waals surface area (Å²) in [5.74, 6) is 1.35. The van der Waals surface area contributed by atoms with Crippen molar-refractivity contribution < 1.29 is 14.1 Å². The number of ether oxygens (including phenoxy) is 1. The second-order valence-corrected chi connectivity index (χ2v) is 7.81. The lowest BCUT2D eigenvalue weighted by molar-refractivity contribution is 0.101. The first-order valence-corrected chi connectivity index (χ1v) is 10.9. The van der Waals surface area contributed by atoms with E-state index in [2.05, 4.69) is 25.5 Å². The van der Waals surface area contributed by atoms with Gasteiger partial charge in [0.15, 0.2) is 0 Å². The number of nitrogens with one attached hydrogen (secondary N) is 1. The third-order valence-corrected chi connectivity index (χ3v) is 5.47. The van der Waals surface area contributed by atoms with Gasteiger partial charge in [0, 0.05) is 36.3 Å². The van der Waals surface area contributed by atoms with Crippen molar-refractivity contribution in [1.82, 2.24) is 24.9 Å². The molecule has 0 aliphatic carbocycles. The van der Waals surface area contributed by atoms with E-state index in [9.17, 15) is 4.79 Å². The van der Waals surface area contributed by atoms with Gasteiger partial charge >= 0.3 is 0 Å². The number of benzene rings is 2. The van der Waals surface area contributed by atoms with Crippen molar-refractivity contribution in [3.05, 3.63) is 96.3 Å². The Kier molecular flexibility index (Phi) is 6.04. The number of pyridine rings is 1. The van der Waals surface area contributed by atoms with Crippen LogP contribution in [0.15, 0.2) is 83.6 Å². The second kappa shape index (κ2) is 9.60. The molecule has 0 atom stereocenters. The van der Waals surface area contributed by atoms with Crippen LogP contribution in [0.5, 0.6) is 5.75 Å². The molecule has 0 unspecified atom stereocenters. The van der Waals surface area contributed by atoms with Crippen molar-refractivity contribution in [2.24, 2.45) is 7.05 Å². The summed E-state index contributed by atoms with van der Waals surface area (Å²) in [5, 5.41) is 11.5. The van der Waals surface area contributed by atoms with Gasteiger partial charge in [-0.15, -0.1) is 0 Å². The zero-order chi connectivity index (χ0) is 24.2. The molecular formula is C26H22N6O3. The molecule has 3 heterocycles. The Hall–Kier alpha value is -4.79. The van der Waals surface area contributed by atoms with Gasteiger partial charge in [-0.3, -0.25) is 14.5 Å². The quantitative estimate of drug-likeness (QED) is 0.379. The number of aryl methyl sites for hydroxylation is 1. The van der Waals surface area contributed by atoms with Crippen molar-refractivity contribution >= 4 is 11.6 Å². The Morgan fingerprint density at radius 2 is 1.91 bits per heavy atom. The molecule has 1 amide bonds. The number of hydrogen-bond donors (Lipinski definition) is 1. The van der Waals surface area contributed by atoms with Crippen LogP contribution in [-0.2, 0) is 13.5 Å². The number of carbonyl (C=O) groups excluding carboxylic acids is 1. The third kappa shape index (κ3) is 4.79. The summed E-state index contributed by atoms with van der Waals surface area (Å²) in [5.41, 5.74) is 4.24. The summed E-state index contributed by atoms with van der Waals surface area (Å²) in [6, 6.07) is 20.5. The zero-order valence-corrected chi connectivity index (χ0v) is 19.2. The Morgan fingerprint density at radius 1 is 1.06 bits per heavy atom. The minimum absolute atomic E-state index is 0.275. The van der Waals surface area contributed by atoms with E-state index in [1.54, 1.807) is 37.3 Å². The maximum Gasteiger partial charge on any atom is 0.273 e. The SMILES string of the molecule is COc1cccc(-c2cc(C(=O)Nc3ccccc3Cc3nc(-c4cccnc4)no3)n(C)n2)c1. The number of aromatic nitrogens is 5. The molecule has 174 valence electrons. The van der Waals surface area contributed by atoms with E-state index in [1.165, 1.54) is 0 Å². The molecule has 1 N–H and O–H groups in total. The van der Waals surface area contributed by atoms with Crippen LogP contribution in [0.4, 0.5) is 5.69 Å². The first-order valence-electron chi connectivity index (χ1n) is 10.9. The molecule has 9 heteroatoms. The standard InChI is InChI=1S/C26H22N6O3/c1-32-23(15-22(30-32)17-8-5-10-20(13-17)34-2)26(33)28-21-11-4-3-7-18(21)14-24-29-25(31-35-24)19-9-6-12-27-16-19/h3-13,15-16H,14H2,1-2H3,(H,28,33). The summed E-state index contributed by atoms with van der Waals surface area (Å²) in [4.78, 5) is 21.7. The maximum absolute atomic E-state index is 13.1. The van der Waals surface area contributed by atoms with Crippen molar-refractivity contribution in [3.63, 3.8) is 0 Å². The monoisotopic (exact) mass is 466 g/mol. The van der Waals surface area contributed by atoms with E-state index >= 15 is 0 Å². The lowest BCUT2D eigenvalue weighted by Gasteiger charge is -2.09. The van der Waals surface area contributed by atoms with Gasteiger partial charge in [-0.05, 0) is 42.0 Å². The molecule has 0 aliphatic rings. The summed E-state index contributed by atoms with van der Waals surface area (Å²) >= 11 is 0. The van der Waals surface area contributed by atoms with Crippen molar-refractivity contribution in [3.8, 4) is 28.4 Å². The first-order chi connectivity index (χ1) is 17.1. The fourth-order valence-corrected chi connectivity index (χ4v) is 3.69. The van der Waals surface area contributed by atoms with Crippen LogP contribution >= 0.6 is 0 Å². The molecule has 0 saturated carbocycles. The highest BCUT2D eigenvalue weighted by Crippen LogP contribution is 2.25. The van der Waals surface area contributed by atoms with Gasteiger partial charge in [0.1, 0.15) is 11.4 Å². The highest BCUT2D eigenvalue weighted by atomic mass is 16.5. The van der Waals surface area contributed by atoms with Crippen LogP contribution in [0.1, 0.15) is 21.9 Å². The predicted octanol–water partition coefficient (Wildman–Crippen LogP) is 4.38. The first kappa shape index (κ1) is 22.0. The summed E-state index contributed by atoms with van der Waals surface area (Å²) in [7, 11) is 3.35. The molecule has 2 aromatic carbocycles. The molecule has 0 radical (unpaired) electrons. The number of carbonyl (C=O) groups is 1. The van der Waals surface area contributed by atoms with Crippen LogP contribution in [-0.4, -0.2) is 37.9 Å². The summed E-state index contributed by atoms with van der Waals surface area (Å²) in [6.07, 6.45) is 3.73. The van der Waals surface area contributed by atoms with Gasteiger partial charge in [-0.2, -0.15) is 10.1 Å². The Labute approximate surface area is 201 Å². The number of hydrogen-bond acceptors (Lipinski definition) is 7. The minimum Gasteiger partial charge on any atom is -0.497 e. The molecule has 0 spiro atoms. The van der Waals surface area contributed by atoms with E-state index in [1.807, 2.05) is 60.7 Å². The number of nitrogens with zero attached hydrogens (tertiary/aromatic N) is 5. The number of rotatable bonds is 7. The van der Waals surface area contributed by atoms with Crippen LogP contribution in [0.25, 0.3) is 22.6 Å². The molecule has 0 bridgehead atoms. The molecule has 0 saturated heterocycles. The summed E-state index contributed by atoms with van der Waals surface area (Å²) in [6.45, 7) is 0. The average Bonchev–Trinajstić information content (AvgIpc) is 3.52. The highest BCUT2D eigenvalue weighted by molar-refractivity contribution is 6.04. The lowest BCUT2D eigenvalue weighted by atomic mass is 10.1. The number of methoxy groups -OCH3 is 1. The Balaban J connectivity index is 1.35. The van der Waals surface area contributed by atoms with Gasteiger partial charge in [-0.1, -0.05) is 35.5 Å². The molecule has 35 heavy (non-hydrogen) atoms. The normalized spacial score (nSPS) is 10.8. The van der Waals surface area contributed by atoms with Gasteiger partial charge in [-0.25, -0.2) is 0 Å². The zero-order valence-electron chi connectivity index (χ0n) is 19.2. The van der Waals surface area contributed by atoms with Crippen LogP contribution < -0.4 is 10.1 Å². The van der Waals surface area contributed by atoms with Gasteiger partial charge in [0.2, 0.25) is 11.7 Å². The van der Waals surface area contributed by atoms with Crippen LogP contribution in [0.3, 0.4) is 0 Å². The molecule has 3 aromatic heterocycles. The molecule has 0 fully saturated rings. The minimum atomic E-state index is -0.275. The number of para-hydroxylation sites is 1. The Morgan fingerprint density at radius 3 is 2.74 bits per heavy atom. The van der Waals surface area contributed by atoms with Crippen molar-refractivity contribution in [2.45, 2.75) is 6.42 Å². The molecular weight excluding hydrogens is 444 g/mol. The van der Waals surface area contributed by atoms with E-state index in [0.29, 0.717) is 35.2 Å². The number of amides is 1. The predicted molar refractivity (Wildman–Crippen MR) is 130 cm³/mol. The van der Waals surface area contributed by atoms with Gasteiger partial charge < -0.3 is 14.6 Å². The average molecular weight is 467 g/mol. The maximum atomic E-state index is 13.1. The molecule has 5 aromatic rings. The van der Waals surface area contributed by atoms with E-state index in [4.69, 9.17) is 9.26 Å². The molecule has 0 aliphatic heterocycles.